The fourth-order valence-corrected chi connectivity index (χ4v) is 3.98. The van der Waals surface area contributed by atoms with Crippen molar-refractivity contribution in [1.29, 1.82) is 0 Å². The van der Waals surface area contributed by atoms with Crippen molar-refractivity contribution in [3.05, 3.63) is 0 Å². The van der Waals surface area contributed by atoms with Gasteiger partial charge >= 0.3 is 0 Å². The number of hydrogen-bond acceptors (Lipinski definition) is 2. The lowest BCUT2D eigenvalue weighted by atomic mass is 9.86. The summed E-state index contributed by atoms with van der Waals surface area (Å²) in [5, 5.41) is 3.65. The summed E-state index contributed by atoms with van der Waals surface area (Å²) in [6, 6.07) is 1.30. The molecule has 4 heteroatoms. The standard InChI is InChI=1S/C14H24F2N2/c15-14(16)6-1-2-11(8-14)9-18-7-5-12-3-4-13(10-18)17-12/h11-13,17H,1-10H2. The molecule has 0 aromatic heterocycles. The third kappa shape index (κ3) is 3.02. The van der Waals surface area contributed by atoms with Crippen LogP contribution in [0.4, 0.5) is 8.78 Å². The van der Waals surface area contributed by atoms with Gasteiger partial charge in [0.15, 0.2) is 0 Å². The first-order valence-corrected chi connectivity index (χ1v) is 7.47. The molecule has 3 unspecified atom stereocenters. The van der Waals surface area contributed by atoms with Crippen LogP contribution < -0.4 is 5.32 Å². The molecule has 0 aromatic rings. The highest BCUT2D eigenvalue weighted by molar-refractivity contribution is 4.90. The van der Waals surface area contributed by atoms with E-state index in [1.165, 1.54) is 19.3 Å². The maximum absolute atomic E-state index is 13.4. The lowest BCUT2D eigenvalue weighted by molar-refractivity contribution is -0.0569. The van der Waals surface area contributed by atoms with Gasteiger partial charge in [-0.1, -0.05) is 0 Å². The van der Waals surface area contributed by atoms with Gasteiger partial charge in [-0.2, -0.15) is 0 Å². The van der Waals surface area contributed by atoms with Crippen LogP contribution >= 0.6 is 0 Å². The third-order valence-corrected chi connectivity index (χ3v) is 4.87. The Morgan fingerprint density at radius 3 is 2.78 bits per heavy atom. The van der Waals surface area contributed by atoms with E-state index in [9.17, 15) is 8.78 Å². The summed E-state index contributed by atoms with van der Waals surface area (Å²) in [5.74, 6) is -2.18. The Morgan fingerprint density at radius 1 is 1.11 bits per heavy atom. The van der Waals surface area contributed by atoms with Crippen LogP contribution in [0.1, 0.15) is 44.9 Å². The molecular weight excluding hydrogens is 234 g/mol. The van der Waals surface area contributed by atoms with E-state index in [-0.39, 0.29) is 18.8 Å². The Kier molecular flexibility index (Phi) is 3.59. The Labute approximate surface area is 108 Å². The first-order chi connectivity index (χ1) is 8.61. The number of nitrogens with zero attached hydrogens (tertiary/aromatic N) is 1. The van der Waals surface area contributed by atoms with Gasteiger partial charge in [-0.25, -0.2) is 8.78 Å². The van der Waals surface area contributed by atoms with Gasteiger partial charge in [0.1, 0.15) is 0 Å². The SMILES string of the molecule is FC1(F)CCCC(CN2CCC3CCC(C2)N3)C1. The molecule has 0 spiro atoms. The van der Waals surface area contributed by atoms with Gasteiger partial charge in [0, 0.05) is 38.0 Å². The zero-order valence-electron chi connectivity index (χ0n) is 11.0. The molecule has 3 aliphatic rings. The van der Waals surface area contributed by atoms with Gasteiger partial charge < -0.3 is 10.2 Å². The summed E-state index contributed by atoms with van der Waals surface area (Å²) >= 11 is 0. The minimum atomic E-state index is -2.40. The molecule has 2 aliphatic heterocycles. The summed E-state index contributed by atoms with van der Waals surface area (Å²) in [6.45, 7) is 3.05. The second-order valence-electron chi connectivity index (χ2n) is 6.50. The summed E-state index contributed by atoms with van der Waals surface area (Å²) in [6.07, 6.45) is 5.69. The van der Waals surface area contributed by atoms with Gasteiger partial charge in [-0.05, 0) is 44.6 Å². The van der Waals surface area contributed by atoms with Gasteiger partial charge in [0.2, 0.25) is 5.92 Å². The Hall–Kier alpha value is -0.220. The lowest BCUT2D eigenvalue weighted by Gasteiger charge is -2.33. The highest BCUT2D eigenvalue weighted by Gasteiger charge is 2.37. The van der Waals surface area contributed by atoms with E-state index in [1.54, 1.807) is 0 Å². The van der Waals surface area contributed by atoms with Crippen molar-refractivity contribution in [2.75, 3.05) is 19.6 Å². The topological polar surface area (TPSA) is 15.3 Å². The minimum absolute atomic E-state index is 0.107. The molecule has 2 heterocycles. The molecule has 3 fully saturated rings. The van der Waals surface area contributed by atoms with Crippen LogP contribution in [0, 0.1) is 5.92 Å². The van der Waals surface area contributed by atoms with Crippen LogP contribution in [-0.2, 0) is 0 Å². The van der Waals surface area contributed by atoms with Crippen LogP contribution in [0.5, 0.6) is 0 Å². The predicted octanol–water partition coefficient (Wildman–Crippen LogP) is 2.64. The second kappa shape index (κ2) is 5.04. The molecule has 0 aromatic carbocycles. The molecule has 2 saturated heterocycles. The first kappa shape index (κ1) is 12.8. The molecular formula is C14H24F2N2. The van der Waals surface area contributed by atoms with Crippen molar-refractivity contribution >= 4 is 0 Å². The number of hydrogen-bond donors (Lipinski definition) is 1. The van der Waals surface area contributed by atoms with Crippen molar-refractivity contribution in [2.24, 2.45) is 5.92 Å². The van der Waals surface area contributed by atoms with E-state index in [0.717, 1.165) is 26.1 Å². The maximum Gasteiger partial charge on any atom is 0.248 e. The fourth-order valence-electron chi connectivity index (χ4n) is 3.98. The van der Waals surface area contributed by atoms with Crippen LogP contribution in [0.3, 0.4) is 0 Å². The van der Waals surface area contributed by atoms with E-state index < -0.39 is 5.92 Å². The average molecular weight is 258 g/mol. The summed E-state index contributed by atoms with van der Waals surface area (Å²) in [7, 11) is 0. The van der Waals surface area contributed by atoms with E-state index in [0.29, 0.717) is 18.5 Å². The normalized spacial score (nSPS) is 40.7. The molecule has 1 aliphatic carbocycles. The van der Waals surface area contributed by atoms with Gasteiger partial charge in [0.25, 0.3) is 0 Å². The highest BCUT2D eigenvalue weighted by Crippen LogP contribution is 2.37. The third-order valence-electron chi connectivity index (χ3n) is 4.87. The summed E-state index contributed by atoms with van der Waals surface area (Å²) < 4.78 is 26.8. The maximum atomic E-state index is 13.4. The highest BCUT2D eigenvalue weighted by atomic mass is 19.3. The van der Waals surface area contributed by atoms with Crippen LogP contribution in [0.2, 0.25) is 0 Å². The average Bonchev–Trinajstić information content (AvgIpc) is 2.61. The number of alkyl halides is 2. The Morgan fingerprint density at radius 2 is 1.94 bits per heavy atom. The number of nitrogens with one attached hydrogen (secondary N) is 1. The van der Waals surface area contributed by atoms with Gasteiger partial charge in [0.05, 0.1) is 0 Å². The molecule has 2 nitrogen and oxygen atoms in total. The van der Waals surface area contributed by atoms with E-state index in [1.807, 2.05) is 0 Å². The van der Waals surface area contributed by atoms with Crippen molar-refractivity contribution < 1.29 is 8.78 Å². The lowest BCUT2D eigenvalue weighted by Crippen LogP contribution is -2.40. The smallest absolute Gasteiger partial charge is 0.248 e. The van der Waals surface area contributed by atoms with E-state index >= 15 is 0 Å². The van der Waals surface area contributed by atoms with Gasteiger partial charge in [-0.15, -0.1) is 0 Å². The molecule has 3 atom stereocenters. The Balaban J connectivity index is 1.53. The van der Waals surface area contributed by atoms with Crippen LogP contribution in [0.15, 0.2) is 0 Å². The van der Waals surface area contributed by atoms with Crippen LogP contribution in [-0.4, -0.2) is 42.5 Å². The predicted molar refractivity (Wildman–Crippen MR) is 67.9 cm³/mol. The molecule has 0 amide bonds. The number of rotatable bonds is 2. The molecule has 0 radical (unpaired) electrons. The van der Waals surface area contributed by atoms with E-state index in [2.05, 4.69) is 10.2 Å². The van der Waals surface area contributed by atoms with Crippen LogP contribution in [0.25, 0.3) is 0 Å². The van der Waals surface area contributed by atoms with Crippen molar-refractivity contribution in [2.45, 2.75) is 63.0 Å². The zero-order chi connectivity index (χ0) is 12.6. The largest absolute Gasteiger partial charge is 0.310 e. The minimum Gasteiger partial charge on any atom is -0.310 e. The fraction of sp³-hybridized carbons (Fsp3) is 1.00. The summed E-state index contributed by atoms with van der Waals surface area (Å²) in [5.41, 5.74) is 0. The number of fused-ring (bicyclic) bond motifs is 2. The second-order valence-corrected chi connectivity index (χ2v) is 6.50. The monoisotopic (exact) mass is 258 g/mol. The number of halogens is 2. The Bertz CT molecular complexity index is 296. The van der Waals surface area contributed by atoms with E-state index in [4.69, 9.17) is 0 Å². The molecule has 1 N–H and O–H groups in total. The molecule has 18 heavy (non-hydrogen) atoms. The summed E-state index contributed by atoms with van der Waals surface area (Å²) in [4.78, 5) is 2.43. The van der Waals surface area contributed by atoms with Crippen molar-refractivity contribution in [3.8, 4) is 0 Å². The molecule has 2 bridgehead atoms. The molecule has 104 valence electrons. The number of likely N-dealkylation sites (tertiary alicyclic amines) is 1. The zero-order valence-corrected chi connectivity index (χ0v) is 11.0. The van der Waals surface area contributed by atoms with Crippen molar-refractivity contribution in [3.63, 3.8) is 0 Å². The first-order valence-electron chi connectivity index (χ1n) is 7.47. The van der Waals surface area contributed by atoms with Gasteiger partial charge in [-0.3, -0.25) is 0 Å². The van der Waals surface area contributed by atoms with Crippen molar-refractivity contribution in [1.82, 2.24) is 10.2 Å². The molecule has 3 rings (SSSR count). The quantitative estimate of drug-likeness (QED) is 0.819. The molecule has 1 saturated carbocycles.